The van der Waals surface area contributed by atoms with Gasteiger partial charge in [-0.05, 0) is 77.0 Å². The monoisotopic (exact) mass is 627 g/mol. The summed E-state index contributed by atoms with van der Waals surface area (Å²) in [5, 5.41) is 13.3. The van der Waals surface area contributed by atoms with Gasteiger partial charge in [-0.1, -0.05) is 45.4 Å². The number of aliphatic hydroxyl groups is 1. The molecule has 3 aliphatic rings. The van der Waals surface area contributed by atoms with Crippen LogP contribution in [0.3, 0.4) is 0 Å². The molecule has 1 heterocycles. The highest BCUT2D eigenvalue weighted by Crippen LogP contribution is 2.31. The number of carbonyl (C=O) groups excluding carboxylic acids is 3. The fourth-order valence-corrected chi connectivity index (χ4v) is 7.09. The minimum atomic E-state index is -0.458. The summed E-state index contributed by atoms with van der Waals surface area (Å²) in [6.45, 7) is 7.06. The number of benzene rings is 1. The van der Waals surface area contributed by atoms with Crippen molar-refractivity contribution in [3.63, 3.8) is 0 Å². The van der Waals surface area contributed by atoms with Gasteiger partial charge in [0.2, 0.25) is 11.8 Å². The number of carbonyl (C=O) groups is 3. The minimum absolute atomic E-state index is 0.00151. The lowest BCUT2D eigenvalue weighted by Gasteiger charge is -2.36. The van der Waals surface area contributed by atoms with E-state index < -0.39 is 6.04 Å². The van der Waals surface area contributed by atoms with Crippen molar-refractivity contribution in [3.8, 4) is 5.75 Å². The molecule has 1 aromatic carbocycles. The molecule has 0 aromatic heterocycles. The molecule has 1 aromatic rings. The fraction of sp³-hybridized carbons (Fsp3) is 0.750. The van der Waals surface area contributed by atoms with Crippen LogP contribution >= 0.6 is 0 Å². The quantitative estimate of drug-likeness (QED) is 0.382. The molecule has 2 saturated carbocycles. The molecule has 1 aliphatic heterocycles. The van der Waals surface area contributed by atoms with Crippen LogP contribution in [0.5, 0.6) is 5.75 Å². The largest absolute Gasteiger partial charge is 0.490 e. The molecular formula is C36H57N3O6. The number of aliphatic hydroxyl groups excluding tert-OH is 1. The van der Waals surface area contributed by atoms with Gasteiger partial charge in [0.15, 0.2) is 0 Å². The van der Waals surface area contributed by atoms with E-state index in [9.17, 15) is 19.5 Å². The van der Waals surface area contributed by atoms with Crippen molar-refractivity contribution < 1.29 is 29.0 Å². The first kappa shape index (κ1) is 35.2. The van der Waals surface area contributed by atoms with Gasteiger partial charge in [0.05, 0.1) is 30.4 Å². The van der Waals surface area contributed by atoms with Crippen molar-refractivity contribution in [3.05, 3.63) is 23.8 Å². The van der Waals surface area contributed by atoms with Crippen molar-refractivity contribution in [2.45, 2.75) is 122 Å². The van der Waals surface area contributed by atoms with Gasteiger partial charge in [0.1, 0.15) is 5.75 Å². The summed E-state index contributed by atoms with van der Waals surface area (Å²) in [4.78, 5) is 44.3. The Morgan fingerprint density at radius 1 is 0.978 bits per heavy atom. The van der Waals surface area contributed by atoms with E-state index in [0.29, 0.717) is 36.7 Å². The van der Waals surface area contributed by atoms with Crippen LogP contribution in [0.4, 0.5) is 5.69 Å². The molecule has 0 unspecified atom stereocenters. The van der Waals surface area contributed by atoms with Crippen LogP contribution in [0.1, 0.15) is 115 Å². The molecular weight excluding hydrogens is 570 g/mol. The molecule has 2 aliphatic carbocycles. The van der Waals surface area contributed by atoms with Gasteiger partial charge in [0, 0.05) is 50.2 Å². The van der Waals surface area contributed by atoms with E-state index in [1.165, 1.54) is 12.8 Å². The van der Waals surface area contributed by atoms with Crippen molar-refractivity contribution in [2.24, 2.45) is 17.8 Å². The van der Waals surface area contributed by atoms with E-state index in [1.807, 2.05) is 31.9 Å². The standard InChI is InChI=1S/C36H57N3O6/c1-25-22-39(26(2)24-40)36(43)31-21-30(37-34(41)28-14-7-5-8-15-28)18-19-32(31)45-27(3)13-11-12-20-44-33(25)23-38(4)35(42)29-16-9-6-10-17-29/h18-19,21,25-29,33,40H,5-17,20,22-24H2,1-4H3,(H,37,41)/t25-,26+,27+,33+/m0/s1. The number of fused-ring (bicyclic) bond motifs is 1. The van der Waals surface area contributed by atoms with Crippen LogP contribution in [0, 0.1) is 17.8 Å². The number of rotatable bonds is 7. The summed E-state index contributed by atoms with van der Waals surface area (Å²) < 4.78 is 12.8. The lowest BCUT2D eigenvalue weighted by atomic mass is 9.88. The zero-order valence-electron chi connectivity index (χ0n) is 28.1. The second kappa shape index (κ2) is 17.3. The Hall–Kier alpha value is -2.65. The van der Waals surface area contributed by atoms with E-state index in [0.717, 1.165) is 70.6 Å². The molecule has 2 N–H and O–H groups in total. The molecule has 0 bridgehead atoms. The highest BCUT2D eigenvalue weighted by atomic mass is 16.5. The van der Waals surface area contributed by atoms with Crippen molar-refractivity contribution in [1.82, 2.24) is 9.80 Å². The second-order valence-corrected chi connectivity index (χ2v) is 13.9. The zero-order valence-corrected chi connectivity index (χ0v) is 28.1. The van der Waals surface area contributed by atoms with Crippen molar-refractivity contribution in [1.29, 1.82) is 0 Å². The van der Waals surface area contributed by atoms with Gasteiger partial charge >= 0.3 is 0 Å². The number of nitrogens with zero attached hydrogens (tertiary/aromatic N) is 2. The van der Waals surface area contributed by atoms with E-state index in [1.54, 1.807) is 17.0 Å². The molecule has 0 saturated heterocycles. The first-order valence-corrected chi connectivity index (χ1v) is 17.6. The molecule has 3 amide bonds. The SMILES string of the molecule is C[C@@H]1CCCCO[C@H](CN(C)C(=O)C2CCCCC2)[C@@H](C)CN([C@H](C)CO)C(=O)c2cc(NC(=O)C3CCCCC3)ccc2O1. The molecule has 2 fully saturated rings. The summed E-state index contributed by atoms with van der Waals surface area (Å²) in [7, 11) is 1.87. The molecule has 9 heteroatoms. The van der Waals surface area contributed by atoms with Crippen LogP contribution in [0.25, 0.3) is 0 Å². The highest BCUT2D eigenvalue weighted by Gasteiger charge is 2.32. The predicted molar refractivity (Wildman–Crippen MR) is 176 cm³/mol. The van der Waals surface area contributed by atoms with Crippen molar-refractivity contribution >= 4 is 23.4 Å². The Balaban J connectivity index is 1.58. The van der Waals surface area contributed by atoms with Crippen LogP contribution in [-0.2, 0) is 14.3 Å². The maximum Gasteiger partial charge on any atom is 0.258 e. The Morgan fingerprint density at radius 2 is 1.62 bits per heavy atom. The molecule has 0 spiro atoms. The predicted octanol–water partition coefficient (Wildman–Crippen LogP) is 6.04. The number of nitrogens with one attached hydrogen (secondary N) is 1. The Kier molecular flexibility index (Phi) is 13.5. The normalized spacial score (nSPS) is 25.4. The molecule has 0 radical (unpaired) electrons. The van der Waals surface area contributed by atoms with E-state index in [-0.39, 0.29) is 54.3 Å². The maximum absolute atomic E-state index is 14.4. The first-order valence-electron chi connectivity index (χ1n) is 17.6. The van der Waals surface area contributed by atoms with Crippen molar-refractivity contribution in [2.75, 3.05) is 38.7 Å². The number of amides is 3. The summed E-state index contributed by atoms with van der Waals surface area (Å²) >= 11 is 0. The second-order valence-electron chi connectivity index (χ2n) is 13.9. The third kappa shape index (κ3) is 9.92. The summed E-state index contributed by atoms with van der Waals surface area (Å²) in [6.07, 6.45) is 12.6. The first-order chi connectivity index (χ1) is 21.7. The van der Waals surface area contributed by atoms with Gasteiger partial charge in [0.25, 0.3) is 5.91 Å². The van der Waals surface area contributed by atoms with Crippen LogP contribution in [0.2, 0.25) is 0 Å². The molecule has 9 nitrogen and oxygen atoms in total. The highest BCUT2D eigenvalue weighted by molar-refractivity contribution is 6.00. The topological polar surface area (TPSA) is 108 Å². The van der Waals surface area contributed by atoms with Gasteiger partial charge in [-0.15, -0.1) is 0 Å². The van der Waals surface area contributed by atoms with Crippen LogP contribution < -0.4 is 10.1 Å². The summed E-state index contributed by atoms with van der Waals surface area (Å²) in [5.41, 5.74) is 0.943. The average molecular weight is 628 g/mol. The third-order valence-corrected chi connectivity index (χ3v) is 10.1. The number of hydrogen-bond donors (Lipinski definition) is 2. The Morgan fingerprint density at radius 3 is 2.29 bits per heavy atom. The number of anilines is 1. The van der Waals surface area contributed by atoms with Gasteiger partial charge in [-0.2, -0.15) is 0 Å². The summed E-state index contributed by atoms with van der Waals surface area (Å²) in [6, 6.07) is 4.87. The molecule has 4 atom stereocenters. The van der Waals surface area contributed by atoms with Crippen LogP contribution in [0.15, 0.2) is 18.2 Å². The lowest BCUT2D eigenvalue weighted by Crippen LogP contribution is -2.48. The fourth-order valence-electron chi connectivity index (χ4n) is 7.09. The lowest BCUT2D eigenvalue weighted by molar-refractivity contribution is -0.138. The number of ether oxygens (including phenoxy) is 2. The van der Waals surface area contributed by atoms with Gasteiger partial charge < -0.3 is 29.7 Å². The summed E-state index contributed by atoms with van der Waals surface area (Å²) in [5.74, 6) is 0.366. The third-order valence-electron chi connectivity index (χ3n) is 10.1. The average Bonchev–Trinajstić information content (AvgIpc) is 3.06. The van der Waals surface area contributed by atoms with E-state index in [2.05, 4.69) is 12.2 Å². The Bertz CT molecular complexity index is 1120. The molecule has 4 rings (SSSR count). The smallest absolute Gasteiger partial charge is 0.258 e. The Labute approximate surface area is 270 Å². The molecule has 45 heavy (non-hydrogen) atoms. The van der Waals surface area contributed by atoms with Crippen LogP contribution in [-0.4, -0.2) is 84.2 Å². The van der Waals surface area contributed by atoms with Gasteiger partial charge in [-0.25, -0.2) is 0 Å². The van der Waals surface area contributed by atoms with Gasteiger partial charge in [-0.3, -0.25) is 14.4 Å². The number of likely N-dealkylation sites (N-methyl/N-ethyl adjacent to an activating group) is 1. The van der Waals surface area contributed by atoms with E-state index >= 15 is 0 Å². The van der Waals surface area contributed by atoms with E-state index in [4.69, 9.17) is 9.47 Å². The maximum atomic E-state index is 14.4. The molecule has 252 valence electrons. The zero-order chi connectivity index (χ0) is 32.3. The minimum Gasteiger partial charge on any atom is -0.490 e. The number of hydrogen-bond acceptors (Lipinski definition) is 6.